The van der Waals surface area contributed by atoms with Crippen LogP contribution in [0.2, 0.25) is 0 Å². The molecule has 0 bridgehead atoms. The summed E-state index contributed by atoms with van der Waals surface area (Å²) >= 11 is 0. The highest BCUT2D eigenvalue weighted by Gasteiger charge is 2.21. The molecule has 166 valence electrons. The van der Waals surface area contributed by atoms with Crippen LogP contribution in [0.4, 0.5) is 5.82 Å². The summed E-state index contributed by atoms with van der Waals surface area (Å²) < 4.78 is 11.2. The van der Waals surface area contributed by atoms with Crippen molar-refractivity contribution in [3.8, 4) is 17.4 Å². The maximum absolute atomic E-state index is 12.5. The summed E-state index contributed by atoms with van der Waals surface area (Å²) in [5.41, 5.74) is 1.57. The standard InChI is InChI=1S/C25H28N4O3/c1-18-11-15-29(16-12-18)23-25(27-14-13-26-23)32-22-9-5-20(6-10-22)24(30)28-17-19-3-7-21(31-2)8-4-19/h3-10,13-14,18H,11-12,15-17H2,1-2H3,(H,28,30). The molecular formula is C25H28N4O3. The van der Waals surface area contributed by atoms with Crippen molar-refractivity contribution in [2.24, 2.45) is 5.92 Å². The Labute approximate surface area is 188 Å². The molecule has 0 spiro atoms. The number of hydrogen-bond acceptors (Lipinski definition) is 6. The van der Waals surface area contributed by atoms with Crippen LogP contribution in [0.15, 0.2) is 60.9 Å². The van der Waals surface area contributed by atoms with Gasteiger partial charge >= 0.3 is 0 Å². The molecule has 1 N–H and O–H groups in total. The quantitative estimate of drug-likeness (QED) is 0.595. The van der Waals surface area contributed by atoms with E-state index in [0.717, 1.165) is 49.0 Å². The molecule has 1 aliphatic heterocycles. The van der Waals surface area contributed by atoms with Crippen LogP contribution in [-0.2, 0) is 6.54 Å². The minimum absolute atomic E-state index is 0.144. The predicted octanol–water partition coefficient (Wildman–Crippen LogP) is 4.44. The van der Waals surface area contributed by atoms with Gasteiger partial charge < -0.3 is 19.7 Å². The molecule has 1 saturated heterocycles. The summed E-state index contributed by atoms with van der Waals surface area (Å²) in [6, 6.07) is 14.7. The van der Waals surface area contributed by atoms with Crippen molar-refractivity contribution in [2.45, 2.75) is 26.3 Å². The van der Waals surface area contributed by atoms with Crippen LogP contribution in [0.3, 0.4) is 0 Å². The van der Waals surface area contributed by atoms with E-state index >= 15 is 0 Å². The topological polar surface area (TPSA) is 76.6 Å². The zero-order valence-corrected chi connectivity index (χ0v) is 18.5. The minimum atomic E-state index is -0.144. The van der Waals surface area contributed by atoms with Crippen LogP contribution in [0.25, 0.3) is 0 Å². The third-order valence-electron chi connectivity index (χ3n) is 5.67. The van der Waals surface area contributed by atoms with Crippen LogP contribution >= 0.6 is 0 Å². The Bertz CT molecular complexity index is 1030. The van der Waals surface area contributed by atoms with E-state index in [-0.39, 0.29) is 5.91 Å². The summed E-state index contributed by atoms with van der Waals surface area (Å²) in [7, 11) is 1.63. The van der Waals surface area contributed by atoms with Gasteiger partial charge in [-0.3, -0.25) is 4.79 Å². The Hall–Kier alpha value is -3.61. The molecule has 0 aliphatic carbocycles. The lowest BCUT2D eigenvalue weighted by Crippen LogP contribution is -2.33. The van der Waals surface area contributed by atoms with Gasteiger partial charge in [0.05, 0.1) is 7.11 Å². The number of anilines is 1. The molecule has 0 atom stereocenters. The average Bonchev–Trinajstić information content (AvgIpc) is 2.84. The second-order valence-electron chi connectivity index (χ2n) is 8.01. The maximum atomic E-state index is 12.5. The van der Waals surface area contributed by atoms with Crippen molar-refractivity contribution in [2.75, 3.05) is 25.1 Å². The molecule has 0 radical (unpaired) electrons. The fraction of sp³-hybridized carbons (Fsp3) is 0.320. The summed E-state index contributed by atoms with van der Waals surface area (Å²) in [5.74, 6) is 3.24. The molecule has 1 aromatic heterocycles. The molecule has 1 aliphatic rings. The van der Waals surface area contributed by atoms with Crippen molar-refractivity contribution in [1.82, 2.24) is 15.3 Å². The minimum Gasteiger partial charge on any atom is -0.497 e. The number of ether oxygens (including phenoxy) is 2. The normalized spacial score (nSPS) is 14.1. The van der Waals surface area contributed by atoms with Gasteiger partial charge in [-0.1, -0.05) is 19.1 Å². The molecule has 7 nitrogen and oxygen atoms in total. The average molecular weight is 433 g/mol. The van der Waals surface area contributed by atoms with Crippen LogP contribution in [0.1, 0.15) is 35.7 Å². The van der Waals surface area contributed by atoms with Crippen molar-refractivity contribution in [1.29, 1.82) is 0 Å². The summed E-state index contributed by atoms with van der Waals surface area (Å²) in [6.07, 6.45) is 5.59. The third-order valence-corrected chi connectivity index (χ3v) is 5.67. The molecule has 32 heavy (non-hydrogen) atoms. The van der Waals surface area contributed by atoms with Crippen LogP contribution in [0.5, 0.6) is 17.4 Å². The van der Waals surface area contributed by atoms with Gasteiger partial charge in [-0.05, 0) is 60.7 Å². The van der Waals surface area contributed by atoms with E-state index in [4.69, 9.17) is 9.47 Å². The molecule has 4 rings (SSSR count). The van der Waals surface area contributed by atoms with E-state index in [1.807, 2.05) is 24.3 Å². The van der Waals surface area contributed by atoms with E-state index < -0.39 is 0 Å². The number of nitrogens with zero attached hydrogens (tertiary/aromatic N) is 3. The van der Waals surface area contributed by atoms with Gasteiger partial charge in [-0.25, -0.2) is 9.97 Å². The zero-order valence-electron chi connectivity index (χ0n) is 18.5. The van der Waals surface area contributed by atoms with Gasteiger partial charge in [0.1, 0.15) is 11.5 Å². The Morgan fingerprint density at radius 2 is 1.66 bits per heavy atom. The number of carbonyl (C=O) groups is 1. The fourth-order valence-electron chi connectivity index (χ4n) is 3.64. The first kappa shape index (κ1) is 21.6. The second-order valence-corrected chi connectivity index (χ2v) is 8.01. The summed E-state index contributed by atoms with van der Waals surface area (Å²) in [4.78, 5) is 23.6. The van der Waals surface area contributed by atoms with E-state index in [0.29, 0.717) is 23.7 Å². The monoisotopic (exact) mass is 432 g/mol. The fourth-order valence-corrected chi connectivity index (χ4v) is 3.64. The molecule has 7 heteroatoms. The van der Waals surface area contributed by atoms with Crippen molar-refractivity contribution in [3.63, 3.8) is 0 Å². The maximum Gasteiger partial charge on any atom is 0.263 e. The largest absolute Gasteiger partial charge is 0.497 e. The first-order valence-corrected chi connectivity index (χ1v) is 10.9. The Morgan fingerprint density at radius 1 is 1.00 bits per heavy atom. The number of amides is 1. The van der Waals surface area contributed by atoms with Gasteiger partial charge in [0.15, 0.2) is 5.82 Å². The molecule has 2 heterocycles. The molecule has 0 unspecified atom stereocenters. The van der Waals surface area contributed by atoms with Crippen molar-refractivity contribution in [3.05, 3.63) is 72.1 Å². The molecular weight excluding hydrogens is 404 g/mol. The molecule has 1 fully saturated rings. The highest BCUT2D eigenvalue weighted by molar-refractivity contribution is 5.94. The summed E-state index contributed by atoms with van der Waals surface area (Å²) in [6.45, 7) is 4.62. The van der Waals surface area contributed by atoms with Crippen LogP contribution < -0.4 is 19.7 Å². The van der Waals surface area contributed by atoms with E-state index in [2.05, 4.69) is 27.1 Å². The van der Waals surface area contributed by atoms with Gasteiger partial charge in [0, 0.05) is 37.6 Å². The molecule has 3 aromatic rings. The number of nitrogens with one attached hydrogen (secondary N) is 1. The van der Waals surface area contributed by atoms with Crippen molar-refractivity contribution >= 4 is 11.7 Å². The Kier molecular flexibility index (Phi) is 6.84. The Balaban J connectivity index is 1.37. The van der Waals surface area contributed by atoms with Gasteiger partial charge in [0.2, 0.25) is 0 Å². The lowest BCUT2D eigenvalue weighted by Gasteiger charge is -2.31. The van der Waals surface area contributed by atoms with E-state index in [1.54, 1.807) is 43.8 Å². The first-order valence-electron chi connectivity index (χ1n) is 10.9. The third kappa shape index (κ3) is 5.35. The number of carbonyl (C=O) groups excluding carboxylic acids is 1. The predicted molar refractivity (Wildman–Crippen MR) is 123 cm³/mol. The highest BCUT2D eigenvalue weighted by Crippen LogP contribution is 2.30. The Morgan fingerprint density at radius 3 is 2.34 bits per heavy atom. The second kappa shape index (κ2) is 10.1. The van der Waals surface area contributed by atoms with E-state index in [9.17, 15) is 4.79 Å². The number of methoxy groups -OCH3 is 1. The zero-order chi connectivity index (χ0) is 22.3. The first-order chi connectivity index (χ1) is 15.6. The van der Waals surface area contributed by atoms with Gasteiger partial charge in [0.25, 0.3) is 11.8 Å². The van der Waals surface area contributed by atoms with E-state index in [1.165, 1.54) is 0 Å². The number of aromatic nitrogens is 2. The lowest BCUT2D eigenvalue weighted by molar-refractivity contribution is 0.0951. The SMILES string of the molecule is COc1ccc(CNC(=O)c2ccc(Oc3nccnc3N3CCC(C)CC3)cc2)cc1. The molecule has 0 saturated carbocycles. The molecule has 1 amide bonds. The van der Waals surface area contributed by atoms with Crippen LogP contribution in [0, 0.1) is 5.92 Å². The number of benzene rings is 2. The van der Waals surface area contributed by atoms with Gasteiger partial charge in [-0.2, -0.15) is 0 Å². The lowest BCUT2D eigenvalue weighted by atomic mass is 9.99. The van der Waals surface area contributed by atoms with Crippen molar-refractivity contribution < 1.29 is 14.3 Å². The van der Waals surface area contributed by atoms with Gasteiger partial charge in [-0.15, -0.1) is 0 Å². The smallest absolute Gasteiger partial charge is 0.263 e. The molecule has 2 aromatic carbocycles. The number of hydrogen-bond donors (Lipinski definition) is 1. The van der Waals surface area contributed by atoms with Crippen LogP contribution in [-0.4, -0.2) is 36.1 Å². The highest BCUT2D eigenvalue weighted by atomic mass is 16.5. The summed E-state index contributed by atoms with van der Waals surface area (Å²) in [5, 5.41) is 2.93. The number of rotatable bonds is 7. The number of piperidine rings is 1.